The highest BCUT2D eigenvalue weighted by atomic mass is 32.2. The molecule has 0 amide bonds. The molecule has 110 valence electrons. The third-order valence-electron chi connectivity index (χ3n) is 2.91. The first kappa shape index (κ1) is 14.5. The number of hydrogen-bond acceptors (Lipinski definition) is 6. The van der Waals surface area contributed by atoms with E-state index in [1.807, 2.05) is 6.07 Å². The molecule has 21 heavy (non-hydrogen) atoms. The first-order chi connectivity index (χ1) is 10.1. The van der Waals surface area contributed by atoms with Crippen LogP contribution >= 0.6 is 22.7 Å². The molecule has 2 N–H and O–H groups in total. The van der Waals surface area contributed by atoms with Crippen LogP contribution in [0, 0.1) is 0 Å². The van der Waals surface area contributed by atoms with Crippen molar-refractivity contribution in [2.45, 2.75) is 11.4 Å². The molecule has 8 heteroatoms. The molecule has 0 saturated carbocycles. The Morgan fingerprint density at radius 2 is 2.10 bits per heavy atom. The summed E-state index contributed by atoms with van der Waals surface area (Å²) in [7, 11) is -1.78. The van der Waals surface area contributed by atoms with Gasteiger partial charge in [-0.1, -0.05) is 0 Å². The second-order valence-corrected chi connectivity index (χ2v) is 7.92. The van der Waals surface area contributed by atoms with Gasteiger partial charge in [-0.05, 0) is 36.7 Å². The highest BCUT2D eigenvalue weighted by molar-refractivity contribution is 7.93. The quantitative estimate of drug-likeness (QED) is 0.750. The van der Waals surface area contributed by atoms with Crippen LogP contribution in [-0.2, 0) is 16.6 Å². The Labute approximate surface area is 130 Å². The van der Waals surface area contributed by atoms with Gasteiger partial charge in [0.1, 0.15) is 4.90 Å². The Balaban J connectivity index is 1.93. The van der Waals surface area contributed by atoms with Crippen LogP contribution in [-0.4, -0.2) is 20.4 Å². The molecule has 0 aliphatic heterocycles. The molecular weight excluding hydrogens is 326 g/mol. The zero-order chi connectivity index (χ0) is 14.9. The van der Waals surface area contributed by atoms with Crippen LogP contribution in [0.3, 0.4) is 0 Å². The van der Waals surface area contributed by atoms with Crippen LogP contribution in [0.2, 0.25) is 0 Å². The number of anilines is 1. The van der Waals surface area contributed by atoms with E-state index in [4.69, 9.17) is 0 Å². The first-order valence-corrected chi connectivity index (χ1v) is 9.41. The highest BCUT2D eigenvalue weighted by Gasteiger charge is 2.19. The smallest absolute Gasteiger partial charge is 0.263 e. The molecule has 2 aromatic heterocycles. The van der Waals surface area contributed by atoms with E-state index >= 15 is 0 Å². The van der Waals surface area contributed by atoms with E-state index in [9.17, 15) is 8.42 Å². The van der Waals surface area contributed by atoms with Crippen LogP contribution in [0.4, 0.5) is 5.69 Å². The average molecular weight is 339 g/mol. The number of thiazole rings is 1. The third kappa shape index (κ3) is 2.93. The Bertz CT molecular complexity index is 868. The molecule has 5 nitrogen and oxygen atoms in total. The standard InChI is InChI=1S/C13H13N3O2S3/c1-14-7-12-13(4-5-19-12)21(17,18)16-9-2-3-10-11(6-9)20-8-15-10/h2-6,8,14,16H,7H2,1H3. The number of nitrogens with zero attached hydrogens (tertiary/aromatic N) is 1. The van der Waals surface area contributed by atoms with E-state index in [1.165, 1.54) is 22.7 Å². The molecule has 2 heterocycles. The number of sulfonamides is 1. The van der Waals surface area contributed by atoms with Gasteiger partial charge >= 0.3 is 0 Å². The summed E-state index contributed by atoms with van der Waals surface area (Å²) in [6.45, 7) is 0.530. The second kappa shape index (κ2) is 5.72. The number of benzene rings is 1. The Morgan fingerprint density at radius 1 is 1.24 bits per heavy atom. The van der Waals surface area contributed by atoms with E-state index in [0.717, 1.165) is 15.1 Å². The maximum atomic E-state index is 12.5. The number of nitrogens with one attached hydrogen (secondary N) is 2. The maximum Gasteiger partial charge on any atom is 0.263 e. The Morgan fingerprint density at radius 3 is 2.90 bits per heavy atom. The van der Waals surface area contributed by atoms with Gasteiger partial charge in [-0.25, -0.2) is 13.4 Å². The normalized spacial score (nSPS) is 11.9. The number of rotatable bonds is 5. The predicted octanol–water partition coefficient (Wildman–Crippen LogP) is 2.88. The van der Waals surface area contributed by atoms with Crippen LogP contribution < -0.4 is 10.0 Å². The summed E-state index contributed by atoms with van der Waals surface area (Å²) in [5.74, 6) is 0. The summed E-state index contributed by atoms with van der Waals surface area (Å²) in [4.78, 5) is 5.30. The monoisotopic (exact) mass is 339 g/mol. The number of hydrogen-bond donors (Lipinski definition) is 2. The van der Waals surface area contributed by atoms with Crippen LogP contribution in [0.1, 0.15) is 4.88 Å². The third-order valence-corrected chi connectivity index (χ3v) is 6.22. The minimum Gasteiger partial charge on any atom is -0.315 e. The van der Waals surface area contributed by atoms with Crippen molar-refractivity contribution >= 4 is 48.6 Å². The maximum absolute atomic E-state index is 12.5. The fourth-order valence-corrected chi connectivity index (χ4v) is 5.21. The summed E-state index contributed by atoms with van der Waals surface area (Å²) in [6, 6.07) is 6.97. The molecule has 0 aliphatic rings. The SMILES string of the molecule is CNCc1sccc1S(=O)(=O)Nc1ccc2ncsc2c1. The van der Waals surface area contributed by atoms with Gasteiger partial charge in [-0.2, -0.15) is 0 Å². The molecule has 0 spiro atoms. The lowest BCUT2D eigenvalue weighted by atomic mass is 10.3. The van der Waals surface area contributed by atoms with Crippen molar-refractivity contribution in [3.63, 3.8) is 0 Å². The number of aromatic nitrogens is 1. The fraction of sp³-hybridized carbons (Fsp3) is 0.154. The Hall–Kier alpha value is -1.48. The highest BCUT2D eigenvalue weighted by Crippen LogP contribution is 2.26. The number of fused-ring (bicyclic) bond motifs is 1. The summed E-state index contributed by atoms with van der Waals surface area (Å²) >= 11 is 2.91. The fourth-order valence-electron chi connectivity index (χ4n) is 1.99. The van der Waals surface area contributed by atoms with Crippen molar-refractivity contribution in [1.29, 1.82) is 0 Å². The molecule has 3 aromatic rings. The summed E-state index contributed by atoms with van der Waals surface area (Å²) in [5, 5.41) is 4.76. The molecule has 0 bridgehead atoms. The van der Waals surface area contributed by atoms with Gasteiger partial charge in [0.25, 0.3) is 10.0 Å². The topological polar surface area (TPSA) is 71.1 Å². The molecule has 0 radical (unpaired) electrons. The molecule has 1 aromatic carbocycles. The zero-order valence-electron chi connectivity index (χ0n) is 11.2. The predicted molar refractivity (Wildman–Crippen MR) is 87.5 cm³/mol. The van der Waals surface area contributed by atoms with Gasteiger partial charge in [0.05, 0.1) is 21.4 Å². The largest absolute Gasteiger partial charge is 0.315 e. The molecule has 3 rings (SSSR count). The lowest BCUT2D eigenvalue weighted by Gasteiger charge is -2.08. The minimum absolute atomic E-state index is 0.325. The minimum atomic E-state index is -3.57. The van der Waals surface area contributed by atoms with Gasteiger partial charge in [0.2, 0.25) is 0 Å². The van der Waals surface area contributed by atoms with Crippen molar-refractivity contribution < 1.29 is 8.42 Å². The molecule has 0 saturated heterocycles. The van der Waals surface area contributed by atoms with Gasteiger partial charge < -0.3 is 5.32 Å². The van der Waals surface area contributed by atoms with E-state index in [2.05, 4.69) is 15.0 Å². The molecule has 0 atom stereocenters. The lowest BCUT2D eigenvalue weighted by molar-refractivity contribution is 0.600. The van der Waals surface area contributed by atoms with E-state index < -0.39 is 10.0 Å². The van der Waals surface area contributed by atoms with Crippen molar-refractivity contribution in [2.24, 2.45) is 0 Å². The van der Waals surface area contributed by atoms with Crippen molar-refractivity contribution in [1.82, 2.24) is 10.3 Å². The van der Waals surface area contributed by atoms with Gasteiger partial charge in [0.15, 0.2) is 0 Å². The van der Waals surface area contributed by atoms with Crippen LogP contribution in [0.15, 0.2) is 40.1 Å². The molecule has 0 aliphatic carbocycles. The first-order valence-electron chi connectivity index (χ1n) is 6.17. The summed E-state index contributed by atoms with van der Waals surface area (Å²) in [5.41, 5.74) is 3.16. The summed E-state index contributed by atoms with van der Waals surface area (Å²) < 4.78 is 28.6. The van der Waals surface area contributed by atoms with Crippen LogP contribution in [0.5, 0.6) is 0 Å². The van der Waals surface area contributed by atoms with Crippen molar-refractivity contribution in [3.05, 3.63) is 40.0 Å². The zero-order valence-corrected chi connectivity index (χ0v) is 13.6. The van der Waals surface area contributed by atoms with E-state index in [0.29, 0.717) is 17.1 Å². The number of thiophene rings is 1. The van der Waals surface area contributed by atoms with Gasteiger partial charge in [-0.15, -0.1) is 22.7 Å². The summed E-state index contributed by atoms with van der Waals surface area (Å²) in [6.07, 6.45) is 0. The van der Waals surface area contributed by atoms with Crippen molar-refractivity contribution in [2.75, 3.05) is 11.8 Å². The lowest BCUT2D eigenvalue weighted by Crippen LogP contribution is -2.15. The van der Waals surface area contributed by atoms with Crippen LogP contribution in [0.25, 0.3) is 10.2 Å². The van der Waals surface area contributed by atoms with Gasteiger partial charge in [-0.3, -0.25) is 4.72 Å². The second-order valence-electron chi connectivity index (χ2n) is 4.38. The molecular formula is C13H13N3O2S3. The van der Waals surface area contributed by atoms with E-state index in [-0.39, 0.29) is 0 Å². The average Bonchev–Trinajstić information content (AvgIpc) is 3.06. The Kier molecular flexibility index (Phi) is 3.94. The molecule has 0 unspecified atom stereocenters. The molecule has 0 fully saturated rings. The van der Waals surface area contributed by atoms with Crippen molar-refractivity contribution in [3.8, 4) is 0 Å². The van der Waals surface area contributed by atoms with Gasteiger partial charge in [0, 0.05) is 11.4 Å². The van der Waals surface area contributed by atoms with E-state index in [1.54, 1.807) is 36.1 Å².